The number of hydrogen-bond acceptors (Lipinski definition) is 6. The molecule has 1 aromatic rings. The molecule has 1 unspecified atom stereocenters. The highest BCUT2D eigenvalue weighted by molar-refractivity contribution is 4.91. The van der Waals surface area contributed by atoms with Gasteiger partial charge in [0.1, 0.15) is 0 Å². The molecule has 6 nitrogen and oxygen atoms in total. The molecule has 0 amide bonds. The molecule has 1 saturated heterocycles. The molecular formula is C10H18N4O2. The van der Waals surface area contributed by atoms with Crippen molar-refractivity contribution in [1.82, 2.24) is 15.0 Å². The van der Waals surface area contributed by atoms with Crippen molar-refractivity contribution in [2.24, 2.45) is 5.73 Å². The molecule has 2 heterocycles. The molecule has 0 aliphatic carbocycles. The van der Waals surface area contributed by atoms with Crippen LogP contribution in [-0.4, -0.2) is 47.9 Å². The standard InChI is InChI=1S/C10H18N4O2/c1-8(11)10-12-9(16-13-10)2-3-14-4-6-15-7-5-14/h8H,2-7,11H2,1H3. The first-order valence-corrected chi connectivity index (χ1v) is 5.64. The predicted octanol–water partition coefficient (Wildman–Crippen LogP) is -0.0360. The predicted molar refractivity (Wildman–Crippen MR) is 57.9 cm³/mol. The van der Waals surface area contributed by atoms with Crippen molar-refractivity contribution in [1.29, 1.82) is 0 Å². The van der Waals surface area contributed by atoms with Gasteiger partial charge in [0.15, 0.2) is 5.82 Å². The van der Waals surface area contributed by atoms with E-state index in [1.54, 1.807) is 0 Å². The topological polar surface area (TPSA) is 77.4 Å². The summed E-state index contributed by atoms with van der Waals surface area (Å²) in [6.07, 6.45) is 0.778. The molecule has 1 fully saturated rings. The summed E-state index contributed by atoms with van der Waals surface area (Å²) in [5.74, 6) is 1.25. The van der Waals surface area contributed by atoms with Gasteiger partial charge in [-0.05, 0) is 6.92 Å². The molecule has 0 radical (unpaired) electrons. The van der Waals surface area contributed by atoms with E-state index in [2.05, 4.69) is 15.0 Å². The first-order valence-electron chi connectivity index (χ1n) is 5.64. The Morgan fingerprint density at radius 1 is 1.44 bits per heavy atom. The lowest BCUT2D eigenvalue weighted by Crippen LogP contribution is -2.37. The fourth-order valence-electron chi connectivity index (χ4n) is 1.63. The van der Waals surface area contributed by atoms with Crippen LogP contribution in [0.15, 0.2) is 4.52 Å². The van der Waals surface area contributed by atoms with Crippen LogP contribution < -0.4 is 5.73 Å². The lowest BCUT2D eigenvalue weighted by Gasteiger charge is -2.25. The van der Waals surface area contributed by atoms with Crippen LogP contribution in [0.2, 0.25) is 0 Å². The Labute approximate surface area is 94.7 Å². The van der Waals surface area contributed by atoms with Gasteiger partial charge in [0.25, 0.3) is 0 Å². The van der Waals surface area contributed by atoms with E-state index < -0.39 is 0 Å². The van der Waals surface area contributed by atoms with Gasteiger partial charge in [-0.25, -0.2) is 0 Å². The number of ether oxygens (including phenoxy) is 1. The Morgan fingerprint density at radius 2 is 2.19 bits per heavy atom. The SMILES string of the molecule is CC(N)c1noc(CCN2CCOCC2)n1. The van der Waals surface area contributed by atoms with Crippen LogP contribution >= 0.6 is 0 Å². The maximum Gasteiger partial charge on any atom is 0.227 e. The molecule has 2 rings (SSSR count). The van der Waals surface area contributed by atoms with Crippen LogP contribution in [0.25, 0.3) is 0 Å². The van der Waals surface area contributed by atoms with Gasteiger partial charge in [0.05, 0.1) is 19.3 Å². The van der Waals surface area contributed by atoms with E-state index in [1.807, 2.05) is 6.92 Å². The summed E-state index contributed by atoms with van der Waals surface area (Å²) in [5.41, 5.74) is 5.65. The van der Waals surface area contributed by atoms with E-state index in [9.17, 15) is 0 Å². The minimum Gasteiger partial charge on any atom is -0.379 e. The number of rotatable bonds is 4. The molecule has 0 spiro atoms. The zero-order valence-electron chi connectivity index (χ0n) is 9.56. The van der Waals surface area contributed by atoms with E-state index >= 15 is 0 Å². The summed E-state index contributed by atoms with van der Waals surface area (Å²) >= 11 is 0. The molecule has 90 valence electrons. The smallest absolute Gasteiger partial charge is 0.227 e. The van der Waals surface area contributed by atoms with Gasteiger partial charge in [-0.3, -0.25) is 4.90 Å². The molecule has 1 aliphatic rings. The zero-order chi connectivity index (χ0) is 11.4. The van der Waals surface area contributed by atoms with E-state index in [1.165, 1.54) is 0 Å². The molecule has 1 atom stereocenters. The number of nitrogens with zero attached hydrogens (tertiary/aromatic N) is 3. The van der Waals surface area contributed by atoms with E-state index in [0.717, 1.165) is 39.3 Å². The summed E-state index contributed by atoms with van der Waals surface area (Å²) in [6, 6.07) is -0.166. The van der Waals surface area contributed by atoms with Crippen molar-refractivity contribution < 1.29 is 9.26 Å². The van der Waals surface area contributed by atoms with Crippen molar-refractivity contribution in [3.05, 3.63) is 11.7 Å². The third kappa shape index (κ3) is 3.01. The van der Waals surface area contributed by atoms with Crippen molar-refractivity contribution in [3.63, 3.8) is 0 Å². The Morgan fingerprint density at radius 3 is 2.81 bits per heavy atom. The number of nitrogens with two attached hydrogens (primary N) is 1. The van der Waals surface area contributed by atoms with E-state index in [-0.39, 0.29) is 6.04 Å². The maximum atomic E-state index is 5.65. The highest BCUT2D eigenvalue weighted by Crippen LogP contribution is 2.06. The fraction of sp³-hybridized carbons (Fsp3) is 0.800. The van der Waals surface area contributed by atoms with Crippen LogP contribution in [0.1, 0.15) is 24.7 Å². The largest absolute Gasteiger partial charge is 0.379 e. The van der Waals surface area contributed by atoms with Crippen LogP contribution in [0.4, 0.5) is 0 Å². The number of aromatic nitrogens is 2. The second-order valence-electron chi connectivity index (χ2n) is 4.04. The first-order chi connectivity index (χ1) is 7.75. The van der Waals surface area contributed by atoms with Crippen LogP contribution in [0.3, 0.4) is 0 Å². The quantitative estimate of drug-likeness (QED) is 0.776. The van der Waals surface area contributed by atoms with Crippen molar-refractivity contribution in [3.8, 4) is 0 Å². The Hall–Kier alpha value is -0.980. The average Bonchev–Trinajstić information content (AvgIpc) is 2.76. The van der Waals surface area contributed by atoms with E-state index in [0.29, 0.717) is 11.7 Å². The normalized spacial score (nSPS) is 19.9. The van der Waals surface area contributed by atoms with Crippen molar-refractivity contribution >= 4 is 0 Å². The zero-order valence-corrected chi connectivity index (χ0v) is 9.56. The van der Waals surface area contributed by atoms with Gasteiger partial charge in [-0.2, -0.15) is 4.98 Å². The Bertz CT molecular complexity index is 320. The molecule has 0 aromatic carbocycles. The Kier molecular flexibility index (Phi) is 3.87. The van der Waals surface area contributed by atoms with Gasteiger partial charge in [-0.15, -0.1) is 0 Å². The molecule has 0 bridgehead atoms. The third-order valence-corrected chi connectivity index (χ3v) is 2.64. The monoisotopic (exact) mass is 226 g/mol. The molecule has 6 heteroatoms. The molecular weight excluding hydrogens is 208 g/mol. The second kappa shape index (κ2) is 5.38. The second-order valence-corrected chi connectivity index (χ2v) is 4.04. The summed E-state index contributed by atoms with van der Waals surface area (Å²) in [6.45, 7) is 6.37. The number of hydrogen-bond donors (Lipinski definition) is 1. The van der Waals surface area contributed by atoms with Gasteiger partial charge < -0.3 is 15.0 Å². The van der Waals surface area contributed by atoms with Gasteiger partial charge in [0, 0.05) is 26.1 Å². The average molecular weight is 226 g/mol. The number of morpholine rings is 1. The fourth-order valence-corrected chi connectivity index (χ4v) is 1.63. The highest BCUT2D eigenvalue weighted by Gasteiger charge is 2.13. The first kappa shape index (κ1) is 11.5. The minimum atomic E-state index is -0.166. The van der Waals surface area contributed by atoms with E-state index in [4.69, 9.17) is 15.0 Å². The molecule has 16 heavy (non-hydrogen) atoms. The summed E-state index contributed by atoms with van der Waals surface area (Å²) in [7, 11) is 0. The van der Waals surface area contributed by atoms with Gasteiger partial charge in [-0.1, -0.05) is 5.16 Å². The maximum absolute atomic E-state index is 5.65. The molecule has 0 saturated carbocycles. The van der Waals surface area contributed by atoms with Gasteiger partial charge >= 0.3 is 0 Å². The highest BCUT2D eigenvalue weighted by atomic mass is 16.5. The van der Waals surface area contributed by atoms with Crippen molar-refractivity contribution in [2.75, 3.05) is 32.8 Å². The molecule has 1 aromatic heterocycles. The van der Waals surface area contributed by atoms with Crippen LogP contribution in [-0.2, 0) is 11.2 Å². The van der Waals surface area contributed by atoms with Gasteiger partial charge in [0.2, 0.25) is 5.89 Å². The Balaban J connectivity index is 1.79. The lowest BCUT2D eigenvalue weighted by atomic mass is 10.3. The van der Waals surface area contributed by atoms with Crippen LogP contribution in [0, 0.1) is 0 Å². The molecule has 1 aliphatic heterocycles. The summed E-state index contributed by atoms with van der Waals surface area (Å²) in [4.78, 5) is 6.57. The van der Waals surface area contributed by atoms with Crippen molar-refractivity contribution in [2.45, 2.75) is 19.4 Å². The lowest BCUT2D eigenvalue weighted by molar-refractivity contribution is 0.0375. The molecule has 2 N–H and O–H groups in total. The minimum absolute atomic E-state index is 0.166. The summed E-state index contributed by atoms with van der Waals surface area (Å²) < 4.78 is 10.4. The third-order valence-electron chi connectivity index (χ3n) is 2.64. The van der Waals surface area contributed by atoms with Crippen LogP contribution in [0.5, 0.6) is 0 Å². The summed E-state index contributed by atoms with van der Waals surface area (Å²) in [5, 5.41) is 3.83.